The van der Waals surface area contributed by atoms with Crippen molar-refractivity contribution in [3.8, 4) is 0 Å². The van der Waals surface area contributed by atoms with Crippen molar-refractivity contribution in [2.45, 2.75) is 44.9 Å². The van der Waals surface area contributed by atoms with Gasteiger partial charge in [0, 0.05) is 0 Å². The molecule has 0 aliphatic heterocycles. The summed E-state index contributed by atoms with van der Waals surface area (Å²) in [6.45, 7) is 3.87. The van der Waals surface area contributed by atoms with E-state index in [0.717, 1.165) is 5.56 Å². The average Bonchev–Trinajstić information content (AvgIpc) is 2.37. The van der Waals surface area contributed by atoms with Gasteiger partial charge in [0.25, 0.3) is 0 Å². The Labute approximate surface area is 119 Å². The molecule has 1 aromatic rings. The maximum absolute atomic E-state index is 10.8. The molecule has 5 nitrogen and oxygen atoms in total. The third-order valence-electron chi connectivity index (χ3n) is 3.13. The third kappa shape index (κ3) is 5.59. The Morgan fingerprint density at radius 1 is 1.20 bits per heavy atom. The van der Waals surface area contributed by atoms with Crippen molar-refractivity contribution in [3.63, 3.8) is 0 Å². The van der Waals surface area contributed by atoms with Crippen LogP contribution in [0.15, 0.2) is 30.3 Å². The topological polar surface area (TPSA) is 89.8 Å². The first-order valence-corrected chi connectivity index (χ1v) is 6.79. The largest absolute Gasteiger partial charge is 0.465 e. The molecule has 0 bridgehead atoms. The number of hydrogen-bond acceptors (Lipinski definition) is 3. The molecule has 4 N–H and O–H groups in total. The molecule has 0 unspecified atom stereocenters. The maximum Gasteiger partial charge on any atom is 0.404 e. The highest BCUT2D eigenvalue weighted by molar-refractivity contribution is 5.65. The predicted octanol–water partition coefficient (Wildman–Crippen LogP) is 1.63. The van der Waals surface area contributed by atoms with Gasteiger partial charge in [-0.15, -0.1) is 0 Å². The highest BCUT2D eigenvalue weighted by Gasteiger charge is 2.28. The lowest BCUT2D eigenvalue weighted by Crippen LogP contribution is -2.49. The summed E-state index contributed by atoms with van der Waals surface area (Å²) < 4.78 is 0. The number of aliphatic hydroxyl groups is 2. The molecule has 0 saturated heterocycles. The van der Waals surface area contributed by atoms with E-state index in [4.69, 9.17) is 5.11 Å². The van der Waals surface area contributed by atoms with Gasteiger partial charge in [0.15, 0.2) is 0 Å². The Bertz CT molecular complexity index is 408. The van der Waals surface area contributed by atoms with Gasteiger partial charge in [-0.1, -0.05) is 44.2 Å². The van der Waals surface area contributed by atoms with E-state index in [9.17, 15) is 15.0 Å². The van der Waals surface area contributed by atoms with Gasteiger partial charge in [0.2, 0.25) is 0 Å². The van der Waals surface area contributed by atoms with E-state index in [0.29, 0.717) is 12.8 Å². The molecule has 20 heavy (non-hydrogen) atoms. The molecule has 0 heterocycles. The van der Waals surface area contributed by atoms with E-state index >= 15 is 0 Å². The molecule has 112 valence electrons. The van der Waals surface area contributed by atoms with Gasteiger partial charge in [-0.3, -0.25) is 0 Å². The number of amides is 1. The second kappa shape index (κ2) is 7.87. The second-order valence-corrected chi connectivity index (χ2v) is 5.43. The minimum absolute atomic E-state index is 0.224. The average molecular weight is 281 g/mol. The fourth-order valence-electron chi connectivity index (χ4n) is 2.17. The third-order valence-corrected chi connectivity index (χ3v) is 3.13. The first-order valence-electron chi connectivity index (χ1n) is 6.79. The Hall–Kier alpha value is -1.59. The van der Waals surface area contributed by atoms with Crippen LogP contribution in [0.4, 0.5) is 4.79 Å². The van der Waals surface area contributed by atoms with E-state index < -0.39 is 24.3 Å². The van der Waals surface area contributed by atoms with E-state index in [1.807, 2.05) is 44.2 Å². The lowest BCUT2D eigenvalue weighted by Gasteiger charge is -2.27. The zero-order valence-corrected chi connectivity index (χ0v) is 11.9. The van der Waals surface area contributed by atoms with E-state index in [1.165, 1.54) is 0 Å². The van der Waals surface area contributed by atoms with Gasteiger partial charge in [0.1, 0.15) is 6.10 Å². The summed E-state index contributed by atoms with van der Waals surface area (Å²) in [7, 11) is 0. The molecule has 0 aliphatic rings. The highest BCUT2D eigenvalue weighted by atomic mass is 16.4. The van der Waals surface area contributed by atoms with Gasteiger partial charge in [0.05, 0.1) is 12.1 Å². The number of carboxylic acid groups (broad SMARTS) is 1. The van der Waals surface area contributed by atoms with Gasteiger partial charge in [-0.2, -0.15) is 0 Å². The van der Waals surface area contributed by atoms with E-state index in [1.54, 1.807) is 0 Å². The van der Waals surface area contributed by atoms with Crippen molar-refractivity contribution in [1.82, 2.24) is 5.32 Å². The van der Waals surface area contributed by atoms with Crippen molar-refractivity contribution in [2.75, 3.05) is 0 Å². The summed E-state index contributed by atoms with van der Waals surface area (Å²) in [5.41, 5.74) is 0.905. The van der Waals surface area contributed by atoms with Crippen LogP contribution in [0, 0.1) is 5.92 Å². The zero-order chi connectivity index (χ0) is 15.1. The number of carbonyl (C=O) groups is 1. The number of rotatable bonds is 7. The van der Waals surface area contributed by atoms with Crippen LogP contribution < -0.4 is 5.32 Å². The van der Waals surface area contributed by atoms with Crippen molar-refractivity contribution in [3.05, 3.63) is 35.9 Å². The van der Waals surface area contributed by atoms with E-state index in [2.05, 4.69) is 5.32 Å². The lowest BCUT2D eigenvalue weighted by molar-refractivity contribution is -0.0130. The zero-order valence-electron chi connectivity index (χ0n) is 11.9. The Morgan fingerprint density at radius 2 is 1.80 bits per heavy atom. The van der Waals surface area contributed by atoms with Crippen molar-refractivity contribution < 1.29 is 20.1 Å². The first kappa shape index (κ1) is 16.5. The molecule has 0 fully saturated rings. The molecule has 0 saturated carbocycles. The van der Waals surface area contributed by atoms with Crippen molar-refractivity contribution in [1.29, 1.82) is 0 Å². The number of benzene rings is 1. The minimum Gasteiger partial charge on any atom is -0.465 e. The maximum atomic E-state index is 10.8. The monoisotopic (exact) mass is 281 g/mol. The summed E-state index contributed by atoms with van der Waals surface area (Å²) in [4.78, 5) is 10.8. The van der Waals surface area contributed by atoms with Crippen LogP contribution in [0.5, 0.6) is 0 Å². The summed E-state index contributed by atoms with van der Waals surface area (Å²) in [6.07, 6.45) is -2.52. The minimum atomic E-state index is -1.21. The van der Waals surface area contributed by atoms with Gasteiger partial charge >= 0.3 is 6.09 Å². The summed E-state index contributed by atoms with van der Waals surface area (Å²) in [6, 6.07) is 8.56. The number of aliphatic hydroxyl groups excluding tert-OH is 2. The van der Waals surface area contributed by atoms with Crippen LogP contribution >= 0.6 is 0 Å². The summed E-state index contributed by atoms with van der Waals surface area (Å²) >= 11 is 0. The van der Waals surface area contributed by atoms with Crippen molar-refractivity contribution >= 4 is 6.09 Å². The van der Waals surface area contributed by atoms with Crippen LogP contribution in [0.3, 0.4) is 0 Å². The van der Waals surface area contributed by atoms with Gasteiger partial charge in [-0.05, 0) is 24.3 Å². The van der Waals surface area contributed by atoms with Gasteiger partial charge in [-0.25, -0.2) is 4.79 Å². The Morgan fingerprint density at radius 3 is 2.30 bits per heavy atom. The highest BCUT2D eigenvalue weighted by Crippen LogP contribution is 2.14. The van der Waals surface area contributed by atoms with Crippen LogP contribution in [0.1, 0.15) is 25.8 Å². The normalized spacial score (nSPS) is 15.7. The summed E-state index contributed by atoms with van der Waals surface area (Å²) in [5, 5.41) is 31.3. The molecule has 5 heteroatoms. The predicted molar refractivity (Wildman–Crippen MR) is 76.6 cm³/mol. The van der Waals surface area contributed by atoms with Gasteiger partial charge < -0.3 is 20.6 Å². The smallest absolute Gasteiger partial charge is 0.404 e. The first-order chi connectivity index (χ1) is 9.40. The molecule has 1 rings (SSSR count). The fraction of sp³-hybridized carbons (Fsp3) is 0.533. The van der Waals surface area contributed by atoms with Crippen LogP contribution in [-0.2, 0) is 6.42 Å². The quantitative estimate of drug-likeness (QED) is 0.611. The SMILES string of the molecule is CC(C)C[C@H](O)[C@H](O)[C@H](Cc1ccccc1)NC(=O)O. The Balaban J connectivity index is 2.75. The molecule has 0 radical (unpaired) electrons. The van der Waals surface area contributed by atoms with Crippen molar-refractivity contribution in [2.24, 2.45) is 5.92 Å². The van der Waals surface area contributed by atoms with Crippen LogP contribution in [-0.4, -0.2) is 39.7 Å². The molecule has 1 aromatic carbocycles. The lowest BCUT2D eigenvalue weighted by atomic mass is 9.93. The Kier molecular flexibility index (Phi) is 6.48. The molecular formula is C15H23NO4. The number of hydrogen-bond donors (Lipinski definition) is 4. The summed E-state index contributed by atoms with van der Waals surface area (Å²) in [5.74, 6) is 0.224. The fourth-order valence-corrected chi connectivity index (χ4v) is 2.17. The molecule has 0 aromatic heterocycles. The molecular weight excluding hydrogens is 258 g/mol. The molecule has 0 spiro atoms. The molecule has 1 amide bonds. The second-order valence-electron chi connectivity index (χ2n) is 5.43. The van der Waals surface area contributed by atoms with E-state index in [-0.39, 0.29) is 5.92 Å². The molecule has 0 aliphatic carbocycles. The molecule has 3 atom stereocenters. The number of nitrogens with one attached hydrogen (secondary N) is 1. The van der Waals surface area contributed by atoms with Crippen LogP contribution in [0.25, 0.3) is 0 Å². The standard InChI is InChI=1S/C15H23NO4/c1-10(2)8-13(17)14(18)12(16-15(19)20)9-11-6-4-3-5-7-11/h3-7,10,12-14,16-18H,8-9H2,1-2H3,(H,19,20)/t12-,13-,14+/m0/s1. The van der Waals surface area contributed by atoms with Crippen LogP contribution in [0.2, 0.25) is 0 Å².